The molecule has 0 heterocycles. The second kappa shape index (κ2) is 8.82. The molecule has 142 valence electrons. The number of carbonyl (C=O) groups is 4. The highest BCUT2D eigenvalue weighted by Crippen LogP contribution is 2.46. The van der Waals surface area contributed by atoms with Crippen LogP contribution < -0.4 is 0 Å². The molecule has 0 bridgehead atoms. The second-order valence-corrected chi connectivity index (χ2v) is 7.13. The maximum Gasteiger partial charge on any atom is 0.317 e. The van der Waals surface area contributed by atoms with E-state index >= 15 is 0 Å². The predicted molar refractivity (Wildman–Crippen MR) is 85.9 cm³/mol. The lowest BCUT2D eigenvalue weighted by Crippen LogP contribution is -2.27. The van der Waals surface area contributed by atoms with E-state index in [1.807, 2.05) is 13.8 Å². The molecule has 0 amide bonds. The summed E-state index contributed by atoms with van der Waals surface area (Å²) in [5.41, 5.74) is 0. The molecule has 0 saturated heterocycles. The Morgan fingerprint density at radius 2 is 1.00 bits per heavy atom. The van der Waals surface area contributed by atoms with Gasteiger partial charge in [-0.1, -0.05) is 13.8 Å². The Hall–Kier alpha value is -2.12. The molecule has 1 rings (SSSR count). The number of carboxylic acids is 4. The average Bonchev–Trinajstić information content (AvgIpc) is 2.72. The average molecular weight is 358 g/mol. The molecule has 1 aliphatic rings. The molecule has 1 aliphatic carbocycles. The topological polar surface area (TPSA) is 149 Å². The lowest BCUT2D eigenvalue weighted by molar-refractivity contribution is -0.157. The monoisotopic (exact) mass is 358 g/mol. The van der Waals surface area contributed by atoms with Crippen LogP contribution in [-0.2, 0) is 19.2 Å². The van der Waals surface area contributed by atoms with Gasteiger partial charge in [0, 0.05) is 0 Å². The van der Waals surface area contributed by atoms with Gasteiger partial charge in [-0.05, 0) is 55.8 Å². The third-order valence-corrected chi connectivity index (χ3v) is 5.53. The van der Waals surface area contributed by atoms with Gasteiger partial charge in [0.1, 0.15) is 0 Å². The van der Waals surface area contributed by atoms with Crippen molar-refractivity contribution in [3.63, 3.8) is 0 Å². The molecule has 4 N–H and O–H groups in total. The molecule has 0 aromatic heterocycles. The zero-order valence-electron chi connectivity index (χ0n) is 14.4. The van der Waals surface area contributed by atoms with Crippen molar-refractivity contribution >= 4 is 23.9 Å². The van der Waals surface area contributed by atoms with Crippen molar-refractivity contribution in [1.82, 2.24) is 0 Å². The molecule has 1 fully saturated rings. The Bertz CT molecular complexity index is 455. The van der Waals surface area contributed by atoms with Crippen LogP contribution in [0.4, 0.5) is 0 Å². The first-order chi connectivity index (χ1) is 11.6. The van der Waals surface area contributed by atoms with Crippen molar-refractivity contribution in [3.8, 4) is 0 Å². The summed E-state index contributed by atoms with van der Waals surface area (Å²) in [5.74, 6) is -7.69. The second-order valence-electron chi connectivity index (χ2n) is 7.13. The third-order valence-electron chi connectivity index (χ3n) is 5.53. The molecule has 1 saturated carbocycles. The molecule has 4 atom stereocenters. The zero-order chi connectivity index (χ0) is 19.3. The highest BCUT2D eigenvalue weighted by molar-refractivity contribution is 5.93. The summed E-state index contributed by atoms with van der Waals surface area (Å²) in [7, 11) is 0. The van der Waals surface area contributed by atoms with E-state index in [1.165, 1.54) is 0 Å². The maximum absolute atomic E-state index is 11.0. The maximum atomic E-state index is 11.0. The fourth-order valence-electron chi connectivity index (χ4n) is 4.20. The van der Waals surface area contributed by atoms with E-state index < -0.39 is 35.7 Å². The minimum Gasteiger partial charge on any atom is -0.481 e. The molecular formula is C17H26O8. The van der Waals surface area contributed by atoms with Gasteiger partial charge >= 0.3 is 23.9 Å². The van der Waals surface area contributed by atoms with Gasteiger partial charge in [0.05, 0.1) is 0 Å². The van der Waals surface area contributed by atoms with Gasteiger partial charge < -0.3 is 20.4 Å². The Morgan fingerprint density at radius 1 is 0.720 bits per heavy atom. The van der Waals surface area contributed by atoms with Crippen molar-refractivity contribution in [2.45, 2.75) is 46.0 Å². The quantitative estimate of drug-likeness (QED) is 0.433. The van der Waals surface area contributed by atoms with E-state index in [1.54, 1.807) is 0 Å². The molecule has 0 radical (unpaired) electrons. The first-order valence-electron chi connectivity index (χ1n) is 8.47. The molecule has 25 heavy (non-hydrogen) atoms. The first-order valence-corrected chi connectivity index (χ1v) is 8.47. The van der Waals surface area contributed by atoms with E-state index in [4.69, 9.17) is 20.4 Å². The van der Waals surface area contributed by atoms with Crippen LogP contribution in [0.25, 0.3) is 0 Å². The predicted octanol–water partition coefficient (Wildman–Crippen LogP) is 2.03. The van der Waals surface area contributed by atoms with Crippen LogP contribution in [0.15, 0.2) is 0 Å². The minimum atomic E-state index is -1.45. The van der Waals surface area contributed by atoms with Crippen molar-refractivity contribution in [1.29, 1.82) is 0 Å². The molecular weight excluding hydrogens is 332 g/mol. The van der Waals surface area contributed by atoms with Crippen LogP contribution in [0.2, 0.25) is 0 Å². The van der Waals surface area contributed by atoms with Crippen LogP contribution in [0.1, 0.15) is 46.0 Å². The van der Waals surface area contributed by atoms with E-state index in [2.05, 4.69) is 0 Å². The largest absolute Gasteiger partial charge is 0.481 e. The Balaban J connectivity index is 2.75. The third kappa shape index (κ3) is 5.44. The Morgan fingerprint density at radius 3 is 1.24 bits per heavy atom. The van der Waals surface area contributed by atoms with Crippen molar-refractivity contribution < 1.29 is 39.6 Å². The van der Waals surface area contributed by atoms with Crippen molar-refractivity contribution in [2.75, 3.05) is 0 Å². The summed E-state index contributed by atoms with van der Waals surface area (Å²) in [5, 5.41) is 36.0. The number of rotatable bonds is 10. The van der Waals surface area contributed by atoms with Gasteiger partial charge in [-0.25, -0.2) is 0 Å². The van der Waals surface area contributed by atoms with Crippen LogP contribution >= 0.6 is 0 Å². The lowest BCUT2D eigenvalue weighted by Gasteiger charge is -2.26. The smallest absolute Gasteiger partial charge is 0.317 e. The number of aliphatic carboxylic acids is 4. The molecule has 4 unspecified atom stereocenters. The summed E-state index contributed by atoms with van der Waals surface area (Å²) in [4.78, 5) is 44.1. The SMILES string of the molecule is CC1CC(C)C(CCC(C(=O)O)C(=O)O)C1CCC(C(=O)O)C(=O)O. The summed E-state index contributed by atoms with van der Waals surface area (Å²) in [6, 6.07) is 0. The molecule has 0 aromatic rings. The molecule has 8 nitrogen and oxygen atoms in total. The van der Waals surface area contributed by atoms with Crippen molar-refractivity contribution in [2.24, 2.45) is 35.5 Å². The van der Waals surface area contributed by atoms with E-state index in [0.29, 0.717) is 12.8 Å². The van der Waals surface area contributed by atoms with Crippen LogP contribution in [0.3, 0.4) is 0 Å². The van der Waals surface area contributed by atoms with Gasteiger partial charge in [-0.15, -0.1) is 0 Å². The summed E-state index contributed by atoms with van der Waals surface area (Å²) in [6.07, 6.45) is 1.76. The highest BCUT2D eigenvalue weighted by atomic mass is 16.4. The number of hydrogen-bond donors (Lipinski definition) is 4. The molecule has 0 spiro atoms. The van der Waals surface area contributed by atoms with Crippen LogP contribution in [-0.4, -0.2) is 44.3 Å². The van der Waals surface area contributed by atoms with Gasteiger partial charge in [-0.2, -0.15) is 0 Å². The fourth-order valence-corrected chi connectivity index (χ4v) is 4.20. The van der Waals surface area contributed by atoms with Crippen LogP contribution in [0, 0.1) is 35.5 Å². The normalized spacial score (nSPS) is 26.1. The first kappa shape index (κ1) is 20.9. The molecule has 0 aliphatic heterocycles. The summed E-state index contributed by atoms with van der Waals surface area (Å²) < 4.78 is 0. The fraction of sp³-hybridized carbons (Fsp3) is 0.765. The Labute approximate surface area is 145 Å². The van der Waals surface area contributed by atoms with Gasteiger partial charge in [-0.3, -0.25) is 19.2 Å². The van der Waals surface area contributed by atoms with E-state index in [-0.39, 0.29) is 36.5 Å². The van der Waals surface area contributed by atoms with Gasteiger partial charge in [0.2, 0.25) is 0 Å². The number of carboxylic acid groups (broad SMARTS) is 4. The standard InChI is InChI=1S/C17H26O8/c1-8-7-9(2)11(4-6-13(16(22)23)17(24)25)10(8)3-5-12(14(18)19)15(20)21/h8-13H,3-7H2,1-2H3,(H,18,19)(H,20,21)(H,22,23)(H,24,25). The Kier molecular flexibility index (Phi) is 7.38. The van der Waals surface area contributed by atoms with Gasteiger partial charge in [0.15, 0.2) is 11.8 Å². The van der Waals surface area contributed by atoms with Crippen molar-refractivity contribution in [3.05, 3.63) is 0 Å². The summed E-state index contributed by atoms with van der Waals surface area (Å²) in [6.45, 7) is 4.03. The van der Waals surface area contributed by atoms with E-state index in [0.717, 1.165) is 6.42 Å². The molecule has 0 aromatic carbocycles. The van der Waals surface area contributed by atoms with Gasteiger partial charge in [0.25, 0.3) is 0 Å². The molecule has 8 heteroatoms. The lowest BCUT2D eigenvalue weighted by atomic mass is 9.79. The highest BCUT2D eigenvalue weighted by Gasteiger charge is 2.40. The minimum absolute atomic E-state index is 0.0180. The summed E-state index contributed by atoms with van der Waals surface area (Å²) >= 11 is 0. The van der Waals surface area contributed by atoms with Crippen LogP contribution in [0.5, 0.6) is 0 Å². The number of hydrogen-bond acceptors (Lipinski definition) is 4. The van der Waals surface area contributed by atoms with E-state index in [9.17, 15) is 19.2 Å². The zero-order valence-corrected chi connectivity index (χ0v) is 14.4.